The molecule has 1 rings (SSSR count). The van der Waals surface area contributed by atoms with E-state index in [-0.39, 0.29) is 5.69 Å². The molecule has 5 nitrogen and oxygen atoms in total. The van der Waals surface area contributed by atoms with Crippen molar-refractivity contribution >= 4 is 21.6 Å². The molecule has 1 aromatic rings. The van der Waals surface area contributed by atoms with Gasteiger partial charge in [0.1, 0.15) is 12.4 Å². The molecule has 0 saturated carbocycles. The third-order valence-corrected chi connectivity index (χ3v) is 2.61. The zero-order valence-corrected chi connectivity index (χ0v) is 11.1. The van der Waals surface area contributed by atoms with Crippen molar-refractivity contribution in [1.82, 2.24) is 0 Å². The van der Waals surface area contributed by atoms with Gasteiger partial charge in [-0.3, -0.25) is 10.1 Å². The summed E-state index contributed by atoms with van der Waals surface area (Å²) >= 11 is 3.27. The van der Waals surface area contributed by atoms with Crippen molar-refractivity contribution in [3.05, 3.63) is 32.8 Å². The second-order valence-corrected chi connectivity index (χ2v) is 4.19. The van der Waals surface area contributed by atoms with E-state index >= 15 is 0 Å². The van der Waals surface area contributed by atoms with E-state index < -0.39 is 4.92 Å². The number of non-ortho nitro benzene ring substituents is 1. The van der Waals surface area contributed by atoms with Crippen LogP contribution in [-0.2, 0) is 4.74 Å². The van der Waals surface area contributed by atoms with Crippen molar-refractivity contribution in [3.63, 3.8) is 0 Å². The maximum Gasteiger partial charge on any atom is 0.273 e. The molecule has 0 bridgehead atoms. The van der Waals surface area contributed by atoms with Crippen molar-refractivity contribution in [1.29, 1.82) is 0 Å². The van der Waals surface area contributed by atoms with Crippen molar-refractivity contribution < 1.29 is 14.4 Å². The summed E-state index contributed by atoms with van der Waals surface area (Å²) in [6, 6.07) is 4.41. The van der Waals surface area contributed by atoms with E-state index in [2.05, 4.69) is 15.9 Å². The van der Waals surface area contributed by atoms with Gasteiger partial charge in [-0.05, 0) is 28.4 Å². The number of nitrogens with zero attached hydrogens (tertiary/aromatic N) is 1. The van der Waals surface area contributed by atoms with Gasteiger partial charge in [0, 0.05) is 12.7 Å². The molecule has 94 valence electrons. The summed E-state index contributed by atoms with van der Waals surface area (Å²) in [7, 11) is 0. The summed E-state index contributed by atoms with van der Waals surface area (Å²) in [6.45, 7) is 3.57. The number of nitro groups is 1. The van der Waals surface area contributed by atoms with Crippen LogP contribution in [0.15, 0.2) is 22.7 Å². The number of hydrogen-bond acceptors (Lipinski definition) is 4. The van der Waals surface area contributed by atoms with Gasteiger partial charge in [-0.15, -0.1) is 0 Å². The molecule has 17 heavy (non-hydrogen) atoms. The Hall–Kier alpha value is -1.14. The minimum Gasteiger partial charge on any atom is -0.490 e. The van der Waals surface area contributed by atoms with Crippen LogP contribution in [0, 0.1) is 10.1 Å². The molecule has 0 N–H and O–H groups in total. The van der Waals surface area contributed by atoms with Crippen LogP contribution in [0.25, 0.3) is 0 Å². The first-order valence-electron chi connectivity index (χ1n) is 5.29. The van der Waals surface area contributed by atoms with Crippen LogP contribution in [0.5, 0.6) is 5.75 Å². The van der Waals surface area contributed by atoms with Crippen LogP contribution in [0.3, 0.4) is 0 Å². The highest BCUT2D eigenvalue weighted by molar-refractivity contribution is 9.10. The number of ether oxygens (including phenoxy) is 2. The van der Waals surface area contributed by atoms with E-state index in [0.717, 1.165) is 6.42 Å². The van der Waals surface area contributed by atoms with Crippen LogP contribution in [0.4, 0.5) is 5.69 Å². The molecule has 6 heteroatoms. The summed E-state index contributed by atoms with van der Waals surface area (Å²) in [5, 5.41) is 10.6. The van der Waals surface area contributed by atoms with Crippen LogP contribution in [0.2, 0.25) is 0 Å². The Kier molecular flexibility index (Phi) is 5.93. The molecule has 0 saturated heterocycles. The van der Waals surface area contributed by atoms with E-state index in [4.69, 9.17) is 9.47 Å². The Labute approximate surface area is 108 Å². The van der Waals surface area contributed by atoms with Gasteiger partial charge in [0.2, 0.25) is 0 Å². The average molecular weight is 304 g/mol. The molecule has 0 fully saturated rings. The lowest BCUT2D eigenvalue weighted by molar-refractivity contribution is -0.385. The lowest BCUT2D eigenvalue weighted by atomic mass is 10.3. The second kappa shape index (κ2) is 7.24. The normalized spacial score (nSPS) is 10.2. The predicted molar refractivity (Wildman–Crippen MR) is 67.4 cm³/mol. The molecule has 0 aliphatic heterocycles. The molecule has 0 radical (unpaired) electrons. The molecule has 0 spiro atoms. The highest BCUT2D eigenvalue weighted by Gasteiger charge is 2.10. The largest absolute Gasteiger partial charge is 0.490 e. The fourth-order valence-electron chi connectivity index (χ4n) is 1.17. The van der Waals surface area contributed by atoms with Gasteiger partial charge < -0.3 is 9.47 Å². The van der Waals surface area contributed by atoms with Gasteiger partial charge in [-0.2, -0.15) is 0 Å². The van der Waals surface area contributed by atoms with E-state index in [1.54, 1.807) is 6.07 Å². The minimum absolute atomic E-state index is 0.0117. The SMILES string of the molecule is CCCOCCOc1cc([N+](=O)[O-])ccc1Br. The molecular formula is C11H14BrNO4. The van der Waals surface area contributed by atoms with Gasteiger partial charge in [0.05, 0.1) is 22.1 Å². The molecule has 0 aliphatic carbocycles. The minimum atomic E-state index is -0.452. The zero-order chi connectivity index (χ0) is 12.7. The number of rotatable bonds is 7. The van der Waals surface area contributed by atoms with Gasteiger partial charge in [0.25, 0.3) is 5.69 Å². The first kappa shape index (κ1) is 13.9. The Bertz CT molecular complexity index is 384. The third-order valence-electron chi connectivity index (χ3n) is 1.96. The summed E-state index contributed by atoms with van der Waals surface area (Å²) < 4.78 is 11.3. The monoisotopic (exact) mass is 303 g/mol. The van der Waals surface area contributed by atoms with E-state index in [1.807, 2.05) is 6.92 Å². The van der Waals surface area contributed by atoms with Crippen LogP contribution in [-0.4, -0.2) is 24.7 Å². The summed E-state index contributed by atoms with van der Waals surface area (Å²) in [5.41, 5.74) is 0.0117. The topological polar surface area (TPSA) is 61.6 Å². The standard InChI is InChI=1S/C11H14BrNO4/c1-2-5-16-6-7-17-11-8-9(13(14)15)3-4-10(11)12/h3-4,8H,2,5-7H2,1H3. The summed E-state index contributed by atoms with van der Waals surface area (Å²) in [6.07, 6.45) is 0.959. The molecule has 0 atom stereocenters. The van der Waals surface area contributed by atoms with Gasteiger partial charge in [-0.25, -0.2) is 0 Å². The lowest BCUT2D eigenvalue weighted by Gasteiger charge is -2.08. The number of hydrogen-bond donors (Lipinski definition) is 0. The molecule has 0 amide bonds. The van der Waals surface area contributed by atoms with Gasteiger partial charge in [0.15, 0.2) is 0 Å². The van der Waals surface area contributed by atoms with Crippen molar-refractivity contribution in [2.45, 2.75) is 13.3 Å². The van der Waals surface area contributed by atoms with Crippen LogP contribution < -0.4 is 4.74 Å². The van der Waals surface area contributed by atoms with Gasteiger partial charge >= 0.3 is 0 Å². The van der Waals surface area contributed by atoms with Crippen molar-refractivity contribution in [3.8, 4) is 5.75 Å². The van der Waals surface area contributed by atoms with E-state index in [9.17, 15) is 10.1 Å². The fourth-order valence-corrected chi connectivity index (χ4v) is 1.53. The fraction of sp³-hybridized carbons (Fsp3) is 0.455. The molecule has 0 unspecified atom stereocenters. The number of benzene rings is 1. The van der Waals surface area contributed by atoms with Crippen LogP contribution in [0.1, 0.15) is 13.3 Å². The Morgan fingerprint density at radius 2 is 2.12 bits per heavy atom. The Balaban J connectivity index is 2.51. The van der Waals surface area contributed by atoms with E-state index in [1.165, 1.54) is 12.1 Å². The average Bonchev–Trinajstić information content (AvgIpc) is 2.30. The number of nitro benzene ring substituents is 1. The maximum absolute atomic E-state index is 10.6. The Morgan fingerprint density at radius 1 is 1.35 bits per heavy atom. The smallest absolute Gasteiger partial charge is 0.273 e. The van der Waals surface area contributed by atoms with Gasteiger partial charge in [-0.1, -0.05) is 6.92 Å². The molecule has 0 aromatic heterocycles. The zero-order valence-electron chi connectivity index (χ0n) is 9.52. The lowest BCUT2D eigenvalue weighted by Crippen LogP contribution is -2.07. The summed E-state index contributed by atoms with van der Waals surface area (Å²) in [4.78, 5) is 10.1. The highest BCUT2D eigenvalue weighted by Crippen LogP contribution is 2.29. The van der Waals surface area contributed by atoms with Crippen molar-refractivity contribution in [2.24, 2.45) is 0 Å². The highest BCUT2D eigenvalue weighted by atomic mass is 79.9. The van der Waals surface area contributed by atoms with E-state index in [0.29, 0.717) is 30.0 Å². The molecule has 0 heterocycles. The molecule has 1 aromatic carbocycles. The Morgan fingerprint density at radius 3 is 2.76 bits per heavy atom. The quantitative estimate of drug-likeness (QED) is 0.441. The van der Waals surface area contributed by atoms with Crippen LogP contribution >= 0.6 is 15.9 Å². The predicted octanol–water partition coefficient (Wildman–Crippen LogP) is 3.16. The number of halogens is 1. The maximum atomic E-state index is 10.6. The molecule has 0 aliphatic rings. The third kappa shape index (κ3) is 4.70. The van der Waals surface area contributed by atoms with Crippen molar-refractivity contribution in [2.75, 3.05) is 19.8 Å². The molecular weight excluding hydrogens is 290 g/mol. The first-order valence-corrected chi connectivity index (χ1v) is 6.09. The summed E-state index contributed by atoms with van der Waals surface area (Å²) in [5.74, 6) is 0.458. The second-order valence-electron chi connectivity index (χ2n) is 3.33. The first-order chi connectivity index (χ1) is 8.15.